The van der Waals surface area contributed by atoms with Crippen LogP contribution in [0.5, 0.6) is 0 Å². The molecule has 20 heavy (non-hydrogen) atoms. The van der Waals surface area contributed by atoms with E-state index in [0.717, 1.165) is 35.0 Å². The molecule has 3 rings (SSSR count). The van der Waals surface area contributed by atoms with Crippen LogP contribution in [0.1, 0.15) is 35.0 Å². The number of carbonyl (C=O) groups excluding carboxylic acids is 1. The molecule has 1 aliphatic carbocycles. The number of fused-ring (bicyclic) bond motifs is 1. The topological polar surface area (TPSA) is 55.1 Å². The maximum absolute atomic E-state index is 12.2. The van der Waals surface area contributed by atoms with Crippen molar-refractivity contribution in [3.05, 3.63) is 45.6 Å². The van der Waals surface area contributed by atoms with Crippen molar-refractivity contribution in [2.24, 2.45) is 5.92 Å². The van der Waals surface area contributed by atoms with E-state index < -0.39 is 0 Å². The summed E-state index contributed by atoms with van der Waals surface area (Å²) in [6.07, 6.45) is 2.96. The zero-order valence-corrected chi connectivity index (χ0v) is 12.7. The predicted molar refractivity (Wildman–Crippen MR) is 79.8 cm³/mol. The molecule has 0 saturated heterocycles. The highest BCUT2D eigenvalue weighted by atomic mass is 79.9. The molecule has 0 radical (unpaired) electrons. The maximum atomic E-state index is 12.2. The van der Waals surface area contributed by atoms with Gasteiger partial charge in [0.15, 0.2) is 0 Å². The maximum Gasteiger partial charge on any atom is 0.258 e. The highest BCUT2D eigenvalue weighted by Crippen LogP contribution is 2.30. The van der Waals surface area contributed by atoms with Gasteiger partial charge in [-0.1, -0.05) is 28.0 Å². The lowest BCUT2D eigenvalue weighted by molar-refractivity contribution is 0.102. The minimum atomic E-state index is -0.172. The third-order valence-corrected chi connectivity index (χ3v) is 4.16. The largest absolute Gasteiger partial charge is 0.338 e. The van der Waals surface area contributed by atoms with Crippen LogP contribution in [-0.4, -0.2) is 11.1 Å². The molecule has 1 heterocycles. The molecule has 0 fully saturated rings. The molecule has 0 saturated carbocycles. The van der Waals surface area contributed by atoms with Gasteiger partial charge in [-0.2, -0.15) is 0 Å². The molecule has 1 atom stereocenters. The fraction of sp³-hybridized carbons (Fsp3) is 0.333. The lowest BCUT2D eigenvalue weighted by Gasteiger charge is -2.16. The monoisotopic (exact) mass is 334 g/mol. The summed E-state index contributed by atoms with van der Waals surface area (Å²) in [5.74, 6) is 0.930. The predicted octanol–water partition coefficient (Wildman–Crippen LogP) is 3.81. The van der Waals surface area contributed by atoms with E-state index in [1.807, 2.05) is 12.1 Å². The summed E-state index contributed by atoms with van der Waals surface area (Å²) in [7, 11) is 0. The number of benzene rings is 1. The Balaban J connectivity index is 1.80. The Hall–Kier alpha value is -1.62. The number of nitrogens with one attached hydrogen (secondary N) is 1. The molecule has 4 nitrogen and oxygen atoms in total. The number of amides is 1. The first-order valence-corrected chi connectivity index (χ1v) is 7.47. The fourth-order valence-corrected chi connectivity index (χ4v) is 2.72. The van der Waals surface area contributed by atoms with Gasteiger partial charge in [-0.15, -0.1) is 0 Å². The van der Waals surface area contributed by atoms with Crippen LogP contribution in [0.4, 0.5) is 5.88 Å². The molecule has 1 N–H and O–H groups in total. The summed E-state index contributed by atoms with van der Waals surface area (Å²) >= 11 is 3.35. The molecule has 0 spiro atoms. The zero-order valence-electron chi connectivity index (χ0n) is 11.1. The first-order chi connectivity index (χ1) is 9.63. The Morgan fingerprint density at radius 3 is 2.90 bits per heavy atom. The Labute approximate surface area is 125 Å². The van der Waals surface area contributed by atoms with E-state index in [0.29, 0.717) is 17.4 Å². The van der Waals surface area contributed by atoms with E-state index in [2.05, 4.69) is 33.3 Å². The van der Waals surface area contributed by atoms with Crippen LogP contribution in [-0.2, 0) is 12.8 Å². The molecule has 0 bridgehead atoms. The molecule has 104 valence electrons. The van der Waals surface area contributed by atoms with Gasteiger partial charge in [0.1, 0.15) is 0 Å². The van der Waals surface area contributed by atoms with Crippen molar-refractivity contribution in [3.8, 4) is 0 Å². The van der Waals surface area contributed by atoms with Crippen LogP contribution < -0.4 is 5.32 Å². The zero-order chi connectivity index (χ0) is 14.1. The van der Waals surface area contributed by atoms with Gasteiger partial charge in [0.25, 0.3) is 5.91 Å². The Kier molecular flexibility index (Phi) is 3.61. The highest BCUT2D eigenvalue weighted by Gasteiger charge is 2.24. The van der Waals surface area contributed by atoms with Gasteiger partial charge in [0, 0.05) is 15.6 Å². The quantitative estimate of drug-likeness (QED) is 0.908. The third-order valence-electron chi connectivity index (χ3n) is 3.63. The summed E-state index contributed by atoms with van der Waals surface area (Å²) in [6.45, 7) is 2.20. The number of rotatable bonds is 2. The lowest BCUT2D eigenvalue weighted by atomic mass is 9.89. The van der Waals surface area contributed by atoms with Crippen LogP contribution >= 0.6 is 15.9 Å². The van der Waals surface area contributed by atoms with Gasteiger partial charge in [-0.25, -0.2) is 0 Å². The summed E-state index contributed by atoms with van der Waals surface area (Å²) in [5, 5.41) is 6.88. The van der Waals surface area contributed by atoms with Crippen molar-refractivity contribution in [1.82, 2.24) is 5.16 Å². The van der Waals surface area contributed by atoms with E-state index in [1.165, 1.54) is 0 Å². The van der Waals surface area contributed by atoms with Gasteiger partial charge >= 0.3 is 0 Å². The fourth-order valence-electron chi connectivity index (χ4n) is 2.46. The van der Waals surface area contributed by atoms with Crippen molar-refractivity contribution >= 4 is 27.7 Å². The molecular weight excluding hydrogens is 320 g/mol. The number of aromatic nitrogens is 1. The molecule has 0 aliphatic heterocycles. The van der Waals surface area contributed by atoms with Gasteiger partial charge in [0.2, 0.25) is 5.88 Å². The Morgan fingerprint density at radius 1 is 1.40 bits per heavy atom. The molecule has 1 aliphatic rings. The van der Waals surface area contributed by atoms with Gasteiger partial charge in [-0.05, 0) is 49.4 Å². The number of anilines is 1. The molecule has 2 aromatic rings. The number of hydrogen-bond donors (Lipinski definition) is 1. The molecule has 1 unspecified atom stereocenters. The summed E-state index contributed by atoms with van der Waals surface area (Å²) < 4.78 is 6.23. The number of aryl methyl sites for hydroxylation is 1. The van der Waals surface area contributed by atoms with E-state index in [-0.39, 0.29) is 5.91 Å². The molecule has 5 heteroatoms. The van der Waals surface area contributed by atoms with Crippen LogP contribution in [0, 0.1) is 5.92 Å². The smallest absolute Gasteiger partial charge is 0.258 e. The van der Waals surface area contributed by atoms with Crippen LogP contribution in [0.2, 0.25) is 0 Å². The average molecular weight is 335 g/mol. The van der Waals surface area contributed by atoms with Gasteiger partial charge < -0.3 is 4.52 Å². The first-order valence-electron chi connectivity index (χ1n) is 6.68. The van der Waals surface area contributed by atoms with E-state index in [4.69, 9.17) is 4.52 Å². The van der Waals surface area contributed by atoms with Crippen molar-refractivity contribution in [2.45, 2.75) is 26.2 Å². The minimum Gasteiger partial charge on any atom is -0.338 e. The van der Waals surface area contributed by atoms with Crippen LogP contribution in [0.15, 0.2) is 33.3 Å². The second kappa shape index (κ2) is 5.40. The molecule has 1 aromatic heterocycles. The Bertz CT molecular complexity index is 634. The van der Waals surface area contributed by atoms with Crippen molar-refractivity contribution in [1.29, 1.82) is 0 Å². The second-order valence-electron chi connectivity index (χ2n) is 5.25. The van der Waals surface area contributed by atoms with Crippen molar-refractivity contribution in [3.63, 3.8) is 0 Å². The normalized spacial score (nSPS) is 17.6. The summed E-state index contributed by atoms with van der Waals surface area (Å²) in [5.41, 5.74) is 2.63. The van der Waals surface area contributed by atoms with Crippen LogP contribution in [0.3, 0.4) is 0 Å². The number of hydrogen-bond acceptors (Lipinski definition) is 3. The minimum absolute atomic E-state index is 0.172. The molecule has 1 amide bonds. The number of nitrogens with zero attached hydrogens (tertiary/aromatic N) is 1. The third kappa shape index (κ3) is 2.63. The number of carbonyl (C=O) groups is 1. The van der Waals surface area contributed by atoms with Crippen LogP contribution in [0.25, 0.3) is 0 Å². The molecular formula is C15H15BrN2O2. The Morgan fingerprint density at radius 2 is 2.15 bits per heavy atom. The highest BCUT2D eigenvalue weighted by molar-refractivity contribution is 9.10. The standard InChI is InChI=1S/C15H15BrN2O2/c1-9-2-7-13-12(8-9)15(20-18-13)17-14(19)10-3-5-11(16)6-4-10/h3-6,9H,2,7-8H2,1H3,(H,17,19). The molecule has 1 aromatic carbocycles. The van der Waals surface area contributed by atoms with Crippen molar-refractivity contribution < 1.29 is 9.32 Å². The van der Waals surface area contributed by atoms with E-state index in [1.54, 1.807) is 12.1 Å². The van der Waals surface area contributed by atoms with Gasteiger partial charge in [-0.3, -0.25) is 10.1 Å². The lowest BCUT2D eigenvalue weighted by Crippen LogP contribution is -2.15. The number of halogens is 1. The second-order valence-corrected chi connectivity index (χ2v) is 6.16. The summed E-state index contributed by atoms with van der Waals surface area (Å²) in [6, 6.07) is 7.22. The van der Waals surface area contributed by atoms with E-state index in [9.17, 15) is 4.79 Å². The first kappa shape index (κ1) is 13.4. The van der Waals surface area contributed by atoms with Crippen molar-refractivity contribution in [2.75, 3.05) is 5.32 Å². The van der Waals surface area contributed by atoms with Gasteiger partial charge in [0.05, 0.1) is 5.69 Å². The SMILES string of the molecule is CC1CCc2noc(NC(=O)c3ccc(Br)cc3)c2C1. The van der Waals surface area contributed by atoms with E-state index >= 15 is 0 Å². The average Bonchev–Trinajstić information content (AvgIpc) is 2.82. The summed E-state index contributed by atoms with van der Waals surface area (Å²) in [4.78, 5) is 12.2.